The third-order valence-electron chi connectivity index (χ3n) is 5.26. The first kappa shape index (κ1) is 24.7. The third kappa shape index (κ3) is 7.24. The first-order valence-corrected chi connectivity index (χ1v) is 9.76. The molecule has 3 N–H and O–H groups in total. The SMILES string of the molecule is Cc1ccc(NC(=O)C2CCCNC2)cc1NC(=O)CN1CCCCC1.Cl.Cl. The van der Waals surface area contributed by atoms with Crippen molar-refractivity contribution in [1.82, 2.24) is 10.2 Å². The molecule has 2 fully saturated rings. The molecule has 0 radical (unpaired) electrons. The lowest BCUT2D eigenvalue weighted by molar-refractivity contribution is -0.120. The summed E-state index contributed by atoms with van der Waals surface area (Å²) in [6.07, 6.45) is 5.55. The first-order chi connectivity index (χ1) is 12.6. The molecule has 2 aliphatic heterocycles. The van der Waals surface area contributed by atoms with Crippen LogP contribution in [0.5, 0.6) is 0 Å². The maximum atomic E-state index is 12.4. The van der Waals surface area contributed by atoms with Gasteiger partial charge in [0.2, 0.25) is 11.8 Å². The number of rotatable bonds is 5. The third-order valence-corrected chi connectivity index (χ3v) is 5.26. The number of carbonyl (C=O) groups excluding carboxylic acids is 2. The number of aryl methyl sites for hydroxylation is 1. The zero-order valence-electron chi connectivity index (χ0n) is 16.5. The molecule has 6 nitrogen and oxygen atoms in total. The van der Waals surface area contributed by atoms with Gasteiger partial charge in [-0.15, -0.1) is 24.8 Å². The van der Waals surface area contributed by atoms with Gasteiger partial charge in [0, 0.05) is 17.9 Å². The van der Waals surface area contributed by atoms with Crippen LogP contribution in [0.15, 0.2) is 18.2 Å². The number of amides is 2. The van der Waals surface area contributed by atoms with Crippen molar-refractivity contribution in [1.29, 1.82) is 0 Å². The highest BCUT2D eigenvalue weighted by Gasteiger charge is 2.21. The zero-order chi connectivity index (χ0) is 18.4. The van der Waals surface area contributed by atoms with E-state index in [1.54, 1.807) is 0 Å². The summed E-state index contributed by atoms with van der Waals surface area (Å²) in [6.45, 7) is 6.12. The van der Waals surface area contributed by atoms with Gasteiger partial charge in [-0.3, -0.25) is 14.5 Å². The van der Waals surface area contributed by atoms with E-state index >= 15 is 0 Å². The van der Waals surface area contributed by atoms with Crippen LogP contribution >= 0.6 is 24.8 Å². The molecule has 0 bridgehead atoms. The summed E-state index contributed by atoms with van der Waals surface area (Å²) in [4.78, 5) is 27.0. The van der Waals surface area contributed by atoms with E-state index in [0.29, 0.717) is 6.54 Å². The fourth-order valence-electron chi connectivity index (χ4n) is 3.66. The summed E-state index contributed by atoms with van der Waals surface area (Å²) in [5.41, 5.74) is 2.50. The Morgan fingerprint density at radius 1 is 1.11 bits per heavy atom. The van der Waals surface area contributed by atoms with Gasteiger partial charge in [-0.1, -0.05) is 12.5 Å². The summed E-state index contributed by atoms with van der Waals surface area (Å²) < 4.78 is 0. The second kappa shape index (κ2) is 12.3. The van der Waals surface area contributed by atoms with Crippen molar-refractivity contribution in [2.75, 3.05) is 43.4 Å². The number of anilines is 2. The summed E-state index contributed by atoms with van der Waals surface area (Å²) >= 11 is 0. The standard InChI is InChI=1S/C20H30N4O2.2ClH/c1-15-7-8-17(22-20(26)16-6-5-9-21-13-16)12-18(15)23-19(25)14-24-10-3-2-4-11-24;;/h7-8,12,16,21H,2-6,9-11,13-14H2,1H3,(H,22,26)(H,23,25);2*1H. The van der Waals surface area contributed by atoms with Crippen LogP contribution in [0.1, 0.15) is 37.7 Å². The monoisotopic (exact) mass is 430 g/mol. The van der Waals surface area contributed by atoms with E-state index in [-0.39, 0.29) is 42.5 Å². The number of hydrogen-bond donors (Lipinski definition) is 3. The summed E-state index contributed by atoms with van der Waals surface area (Å²) in [5.74, 6) is 0.0730. The molecule has 8 heteroatoms. The Labute approximate surface area is 180 Å². The maximum absolute atomic E-state index is 12.4. The highest BCUT2D eigenvalue weighted by molar-refractivity contribution is 5.96. The van der Waals surface area contributed by atoms with Crippen LogP contribution in [0.2, 0.25) is 0 Å². The minimum absolute atomic E-state index is 0. The quantitative estimate of drug-likeness (QED) is 0.670. The van der Waals surface area contributed by atoms with Crippen molar-refractivity contribution < 1.29 is 9.59 Å². The number of hydrogen-bond acceptors (Lipinski definition) is 4. The molecule has 28 heavy (non-hydrogen) atoms. The Balaban J connectivity index is 0.00000196. The van der Waals surface area contributed by atoms with Crippen molar-refractivity contribution in [3.63, 3.8) is 0 Å². The van der Waals surface area contributed by atoms with Gasteiger partial charge < -0.3 is 16.0 Å². The van der Waals surface area contributed by atoms with Gasteiger partial charge in [0.1, 0.15) is 0 Å². The Morgan fingerprint density at radius 2 is 1.86 bits per heavy atom. The molecule has 0 aromatic heterocycles. The number of halogens is 2. The van der Waals surface area contributed by atoms with Gasteiger partial charge in [0.15, 0.2) is 0 Å². The van der Waals surface area contributed by atoms with Gasteiger partial charge in [0.05, 0.1) is 12.5 Å². The van der Waals surface area contributed by atoms with Gasteiger partial charge >= 0.3 is 0 Å². The molecular formula is C20H32Cl2N4O2. The Hall–Kier alpha value is -1.34. The zero-order valence-corrected chi connectivity index (χ0v) is 18.1. The van der Waals surface area contributed by atoms with E-state index in [1.165, 1.54) is 19.3 Å². The molecule has 2 aliphatic rings. The molecule has 1 atom stereocenters. The summed E-state index contributed by atoms with van der Waals surface area (Å²) in [5, 5.41) is 9.26. The van der Waals surface area contributed by atoms with Crippen molar-refractivity contribution in [2.45, 2.75) is 39.0 Å². The van der Waals surface area contributed by atoms with Crippen LogP contribution < -0.4 is 16.0 Å². The normalized spacial score (nSPS) is 19.7. The van der Waals surface area contributed by atoms with Gasteiger partial charge in [-0.05, 0) is 69.9 Å². The van der Waals surface area contributed by atoms with Crippen LogP contribution in [0, 0.1) is 12.8 Å². The molecule has 2 amide bonds. The minimum atomic E-state index is 0. The van der Waals surface area contributed by atoms with Crippen molar-refractivity contribution in [3.05, 3.63) is 23.8 Å². The van der Waals surface area contributed by atoms with Gasteiger partial charge in [-0.2, -0.15) is 0 Å². The van der Waals surface area contributed by atoms with E-state index in [0.717, 1.165) is 56.0 Å². The molecule has 0 saturated carbocycles. The van der Waals surface area contributed by atoms with E-state index < -0.39 is 0 Å². The lowest BCUT2D eigenvalue weighted by Gasteiger charge is -2.25. The fraction of sp³-hybridized carbons (Fsp3) is 0.600. The van der Waals surface area contributed by atoms with Crippen LogP contribution in [-0.4, -0.2) is 49.4 Å². The molecule has 158 valence electrons. The second-order valence-electron chi connectivity index (χ2n) is 7.45. The molecule has 1 aromatic carbocycles. The summed E-state index contributed by atoms with van der Waals surface area (Å²) in [7, 11) is 0. The van der Waals surface area contributed by atoms with E-state index in [2.05, 4.69) is 20.9 Å². The van der Waals surface area contributed by atoms with Crippen LogP contribution in [0.4, 0.5) is 11.4 Å². The lowest BCUT2D eigenvalue weighted by atomic mass is 9.98. The maximum Gasteiger partial charge on any atom is 0.238 e. The molecule has 0 spiro atoms. The molecule has 1 aromatic rings. The number of benzene rings is 1. The smallest absolute Gasteiger partial charge is 0.238 e. The van der Waals surface area contributed by atoms with Crippen LogP contribution in [0.3, 0.4) is 0 Å². The van der Waals surface area contributed by atoms with Gasteiger partial charge in [0.25, 0.3) is 0 Å². The van der Waals surface area contributed by atoms with E-state index in [4.69, 9.17) is 0 Å². The largest absolute Gasteiger partial charge is 0.326 e. The molecular weight excluding hydrogens is 399 g/mol. The molecule has 3 rings (SSSR count). The second-order valence-corrected chi connectivity index (χ2v) is 7.45. The number of carbonyl (C=O) groups is 2. The van der Waals surface area contributed by atoms with Crippen molar-refractivity contribution >= 4 is 48.0 Å². The Morgan fingerprint density at radius 3 is 2.54 bits per heavy atom. The van der Waals surface area contributed by atoms with Crippen molar-refractivity contribution in [2.24, 2.45) is 5.92 Å². The number of nitrogens with one attached hydrogen (secondary N) is 3. The molecule has 0 aliphatic carbocycles. The van der Waals surface area contributed by atoms with Gasteiger partial charge in [-0.25, -0.2) is 0 Å². The highest BCUT2D eigenvalue weighted by atomic mass is 35.5. The Kier molecular flexibility index (Phi) is 10.8. The molecule has 1 unspecified atom stereocenters. The number of nitrogens with zero attached hydrogens (tertiary/aromatic N) is 1. The molecule has 2 heterocycles. The number of likely N-dealkylation sites (tertiary alicyclic amines) is 1. The van der Waals surface area contributed by atoms with E-state index in [1.807, 2.05) is 25.1 Å². The first-order valence-electron chi connectivity index (χ1n) is 9.76. The molecule has 2 saturated heterocycles. The summed E-state index contributed by atoms with van der Waals surface area (Å²) in [6, 6.07) is 5.69. The topological polar surface area (TPSA) is 73.5 Å². The average Bonchev–Trinajstić information content (AvgIpc) is 2.66. The Bertz CT molecular complexity index is 645. The predicted molar refractivity (Wildman–Crippen MR) is 119 cm³/mol. The number of piperidine rings is 2. The minimum Gasteiger partial charge on any atom is -0.326 e. The average molecular weight is 431 g/mol. The van der Waals surface area contributed by atoms with E-state index in [9.17, 15) is 9.59 Å². The van der Waals surface area contributed by atoms with Crippen LogP contribution in [-0.2, 0) is 9.59 Å². The lowest BCUT2D eigenvalue weighted by Crippen LogP contribution is -2.37. The van der Waals surface area contributed by atoms with Crippen molar-refractivity contribution in [3.8, 4) is 0 Å². The van der Waals surface area contributed by atoms with Crippen LogP contribution in [0.25, 0.3) is 0 Å². The fourth-order valence-corrected chi connectivity index (χ4v) is 3.66. The predicted octanol–water partition coefficient (Wildman–Crippen LogP) is 3.20. The highest BCUT2D eigenvalue weighted by Crippen LogP contribution is 2.22.